The number of hydrogen-bond donors (Lipinski definition) is 0. The van der Waals surface area contributed by atoms with Gasteiger partial charge in [-0.3, -0.25) is 4.98 Å². The van der Waals surface area contributed by atoms with Crippen LogP contribution in [-0.4, -0.2) is 4.98 Å². The molecule has 267 valence electrons. The Morgan fingerprint density at radius 1 is 0.660 bits per heavy atom. The van der Waals surface area contributed by atoms with E-state index in [0.29, 0.717) is 5.41 Å². The summed E-state index contributed by atoms with van der Waals surface area (Å²) in [5.41, 5.74) is 7.77. The van der Waals surface area contributed by atoms with Gasteiger partial charge in [-0.1, -0.05) is 122 Å². The van der Waals surface area contributed by atoms with Gasteiger partial charge in [0.05, 0.1) is 5.52 Å². The summed E-state index contributed by atoms with van der Waals surface area (Å²) in [4.78, 5) is 5.08. The molecule has 1 aromatic heterocycles. The van der Waals surface area contributed by atoms with Crippen LogP contribution in [0.2, 0.25) is 0 Å². The van der Waals surface area contributed by atoms with Crippen molar-refractivity contribution < 1.29 is 24.7 Å². The Kier molecular flexibility index (Phi) is 9.88. The van der Waals surface area contributed by atoms with E-state index in [2.05, 4.69) is 68.4 Å². The second-order valence-corrected chi connectivity index (χ2v) is 18.5. The van der Waals surface area contributed by atoms with Crippen LogP contribution in [0.1, 0.15) is 55.2 Å². The predicted molar refractivity (Wildman–Crippen MR) is 218 cm³/mol. The Bertz CT molecular complexity index is 2360. The zero-order chi connectivity index (χ0) is 35.3. The molecule has 6 aromatic carbocycles. The van der Waals surface area contributed by atoms with Crippen molar-refractivity contribution in [1.29, 1.82) is 0 Å². The average molecular weight is 886 g/mol. The molecule has 4 saturated carbocycles. The molecule has 0 unspecified atom stereocenters. The number of benzene rings is 6. The van der Waals surface area contributed by atoms with Gasteiger partial charge in [-0.2, -0.15) is 18.2 Å². The van der Waals surface area contributed by atoms with Crippen LogP contribution in [0.25, 0.3) is 32.9 Å². The van der Waals surface area contributed by atoms with Crippen molar-refractivity contribution >= 4 is 44.7 Å². The van der Waals surface area contributed by atoms with E-state index in [1.807, 2.05) is 97.1 Å². The van der Waals surface area contributed by atoms with E-state index in [4.69, 9.17) is 4.98 Å². The molecular formula is C49H44IrNOP-2. The second-order valence-electron chi connectivity index (χ2n) is 15.7. The van der Waals surface area contributed by atoms with Gasteiger partial charge in [0.2, 0.25) is 0 Å². The summed E-state index contributed by atoms with van der Waals surface area (Å²) in [6, 6.07) is 54.0. The molecule has 4 heteroatoms. The number of nitrogens with zero attached hydrogens (tertiary/aromatic N) is 1. The van der Waals surface area contributed by atoms with Crippen molar-refractivity contribution in [1.82, 2.24) is 4.98 Å². The molecule has 2 nitrogen and oxygen atoms in total. The van der Waals surface area contributed by atoms with Crippen molar-refractivity contribution in [2.75, 3.05) is 0 Å². The van der Waals surface area contributed by atoms with E-state index in [1.165, 1.54) is 55.0 Å². The molecule has 0 aliphatic heterocycles. The summed E-state index contributed by atoms with van der Waals surface area (Å²) in [6.07, 6.45) is 8.71. The normalized spacial score (nSPS) is 21.5. The van der Waals surface area contributed by atoms with E-state index < -0.39 is 7.14 Å². The molecule has 4 aliphatic rings. The minimum atomic E-state index is -2.94. The first-order chi connectivity index (χ1) is 25.4. The molecule has 1 heterocycles. The van der Waals surface area contributed by atoms with Crippen LogP contribution in [0.3, 0.4) is 0 Å². The third-order valence-electron chi connectivity index (χ3n) is 12.0. The van der Waals surface area contributed by atoms with Gasteiger partial charge in [-0.25, -0.2) is 0 Å². The van der Waals surface area contributed by atoms with Gasteiger partial charge in [0.25, 0.3) is 0 Å². The van der Waals surface area contributed by atoms with E-state index in [-0.39, 0.29) is 20.1 Å². The summed E-state index contributed by atoms with van der Waals surface area (Å²) < 4.78 is 14.2. The maximum absolute atomic E-state index is 14.2. The molecule has 0 amide bonds. The number of aryl methyl sites for hydroxylation is 2. The second kappa shape index (κ2) is 14.6. The van der Waals surface area contributed by atoms with Gasteiger partial charge in [0.15, 0.2) is 0 Å². The van der Waals surface area contributed by atoms with Crippen LogP contribution >= 0.6 is 7.14 Å². The third-order valence-corrected chi connectivity index (χ3v) is 15.0. The molecule has 4 aliphatic carbocycles. The minimum absolute atomic E-state index is 0. The maximum Gasteiger partial charge on any atom is 0.147 e. The van der Waals surface area contributed by atoms with Gasteiger partial charge in [-0.15, -0.1) is 51.7 Å². The molecule has 0 saturated heterocycles. The number of pyridine rings is 1. The van der Waals surface area contributed by atoms with Crippen LogP contribution in [0, 0.1) is 43.7 Å². The number of aromatic nitrogens is 1. The predicted octanol–water partition coefficient (Wildman–Crippen LogP) is 11.1. The van der Waals surface area contributed by atoms with Crippen molar-refractivity contribution in [2.45, 2.75) is 57.8 Å². The van der Waals surface area contributed by atoms with Gasteiger partial charge in [0, 0.05) is 36.1 Å². The Hall–Kier alpha value is -4.13. The molecule has 4 fully saturated rings. The SMILES string of the molecule is Cc1[c-]c(-c2ccc3c(C45CC6CC(CC(C6)C4)C5)cccc3n2)cc(C)c1.O=P(c1[c-]cc2ccccc2c1)(c1ccccc1)c1ccccc1.[Ir]. The van der Waals surface area contributed by atoms with Crippen LogP contribution in [-0.2, 0) is 30.1 Å². The van der Waals surface area contributed by atoms with Gasteiger partial charge in [0.1, 0.15) is 7.14 Å². The summed E-state index contributed by atoms with van der Waals surface area (Å²) in [7, 11) is -2.94. The van der Waals surface area contributed by atoms with E-state index in [9.17, 15) is 4.57 Å². The first-order valence-electron chi connectivity index (χ1n) is 18.9. The quantitative estimate of drug-likeness (QED) is 0.127. The van der Waals surface area contributed by atoms with E-state index >= 15 is 0 Å². The topological polar surface area (TPSA) is 30.0 Å². The van der Waals surface area contributed by atoms with E-state index in [0.717, 1.165) is 61.2 Å². The van der Waals surface area contributed by atoms with Crippen molar-refractivity contribution in [3.05, 3.63) is 168 Å². The fraction of sp³-hybridized carbons (Fsp3) is 0.245. The largest absolute Gasteiger partial charge is 0.311 e. The first-order valence-corrected chi connectivity index (χ1v) is 20.6. The standard InChI is InChI=1S/C27H28N.C22H16OP.Ir/c1-17-8-18(2)10-22(9-17)25-7-6-23-24(4-3-5-26(23)28-25)27-14-19-11-20(15-27)13-21(12-19)16-27;23-24(20-11-3-1-4-12-20,21-13-5-2-6-14-21)22-16-15-18-9-7-8-10-19(18)17-22;/h3-9,19-21H,11-16H2,1-2H3;1-15,17H;/q2*-1;. The summed E-state index contributed by atoms with van der Waals surface area (Å²) in [6.45, 7) is 4.26. The fourth-order valence-corrected chi connectivity index (χ4v) is 12.8. The van der Waals surface area contributed by atoms with Gasteiger partial charge >= 0.3 is 0 Å². The smallest absolute Gasteiger partial charge is 0.147 e. The molecule has 4 bridgehead atoms. The minimum Gasteiger partial charge on any atom is -0.311 e. The average Bonchev–Trinajstić information content (AvgIpc) is 3.17. The summed E-state index contributed by atoms with van der Waals surface area (Å²) >= 11 is 0. The molecule has 0 spiro atoms. The Balaban J connectivity index is 0.000000150. The summed E-state index contributed by atoms with van der Waals surface area (Å²) in [5.74, 6) is 2.91. The zero-order valence-electron chi connectivity index (χ0n) is 30.4. The molecular weight excluding hydrogens is 842 g/mol. The molecule has 0 N–H and O–H groups in total. The Labute approximate surface area is 327 Å². The Morgan fingerprint density at radius 2 is 1.26 bits per heavy atom. The van der Waals surface area contributed by atoms with Crippen LogP contribution < -0.4 is 15.9 Å². The van der Waals surface area contributed by atoms with Crippen molar-refractivity contribution in [2.24, 2.45) is 17.8 Å². The fourth-order valence-electron chi connectivity index (χ4n) is 10.2. The van der Waals surface area contributed by atoms with E-state index in [1.54, 1.807) is 5.56 Å². The third kappa shape index (κ3) is 6.78. The molecule has 1 radical (unpaired) electrons. The first kappa shape index (κ1) is 35.9. The van der Waals surface area contributed by atoms with Crippen LogP contribution in [0.15, 0.2) is 140 Å². The monoisotopic (exact) mass is 886 g/mol. The maximum atomic E-state index is 14.2. The number of fused-ring (bicyclic) bond motifs is 2. The van der Waals surface area contributed by atoms with Crippen LogP contribution in [0.5, 0.6) is 0 Å². The van der Waals surface area contributed by atoms with Crippen molar-refractivity contribution in [3.8, 4) is 11.3 Å². The zero-order valence-corrected chi connectivity index (χ0v) is 33.7. The Morgan fingerprint density at radius 3 is 1.89 bits per heavy atom. The molecule has 53 heavy (non-hydrogen) atoms. The van der Waals surface area contributed by atoms with Gasteiger partial charge < -0.3 is 4.57 Å². The van der Waals surface area contributed by atoms with Crippen molar-refractivity contribution in [3.63, 3.8) is 0 Å². The molecule has 11 rings (SSSR count). The number of rotatable bonds is 5. The van der Waals surface area contributed by atoms with Crippen LogP contribution in [0.4, 0.5) is 0 Å². The summed E-state index contributed by atoms with van der Waals surface area (Å²) in [5, 5.41) is 5.99. The molecule has 7 aromatic rings. The number of hydrogen-bond acceptors (Lipinski definition) is 2. The molecule has 0 atom stereocenters. The van der Waals surface area contributed by atoms with Gasteiger partial charge in [-0.05, 0) is 79.0 Å².